The topological polar surface area (TPSA) is 42.9 Å². The standard InChI is InChI=1S/C16H20N2OS/c1-10-6-11(2)8-12(7-10)9-13(19)14-15(16(3,4)5)17-18-20-14/h6-8H,9H2,1-5H3. The van der Waals surface area contributed by atoms with Crippen molar-refractivity contribution in [3.05, 3.63) is 45.5 Å². The molecule has 2 aromatic rings. The van der Waals surface area contributed by atoms with Crippen molar-refractivity contribution in [1.29, 1.82) is 0 Å². The lowest BCUT2D eigenvalue weighted by Crippen LogP contribution is -2.17. The maximum Gasteiger partial charge on any atom is 0.180 e. The van der Waals surface area contributed by atoms with Crippen LogP contribution in [0.4, 0.5) is 0 Å². The van der Waals surface area contributed by atoms with Crippen LogP contribution in [0.15, 0.2) is 18.2 Å². The number of aryl methyl sites for hydroxylation is 2. The molecule has 0 radical (unpaired) electrons. The lowest BCUT2D eigenvalue weighted by atomic mass is 9.90. The predicted octanol–water partition coefficient (Wildman–Crippen LogP) is 3.88. The van der Waals surface area contributed by atoms with E-state index < -0.39 is 0 Å². The fourth-order valence-electron chi connectivity index (χ4n) is 2.30. The fourth-order valence-corrected chi connectivity index (χ4v) is 3.11. The van der Waals surface area contributed by atoms with Crippen molar-refractivity contribution in [2.45, 2.75) is 46.5 Å². The second-order valence-corrected chi connectivity index (χ2v) is 7.05. The van der Waals surface area contributed by atoms with Crippen LogP contribution in [0.25, 0.3) is 0 Å². The fraction of sp³-hybridized carbons (Fsp3) is 0.438. The first kappa shape index (κ1) is 14.9. The van der Waals surface area contributed by atoms with Gasteiger partial charge in [0.25, 0.3) is 0 Å². The second kappa shape index (κ2) is 5.44. The third-order valence-corrected chi connectivity index (χ3v) is 3.86. The van der Waals surface area contributed by atoms with E-state index in [4.69, 9.17) is 0 Å². The van der Waals surface area contributed by atoms with Crippen LogP contribution < -0.4 is 0 Å². The summed E-state index contributed by atoms with van der Waals surface area (Å²) in [5, 5.41) is 4.13. The highest BCUT2D eigenvalue weighted by atomic mass is 32.1. The molecule has 0 atom stereocenters. The van der Waals surface area contributed by atoms with Crippen molar-refractivity contribution in [2.75, 3.05) is 0 Å². The van der Waals surface area contributed by atoms with Crippen LogP contribution in [0, 0.1) is 13.8 Å². The van der Waals surface area contributed by atoms with E-state index in [0.717, 1.165) is 11.3 Å². The zero-order valence-corrected chi connectivity index (χ0v) is 13.5. The summed E-state index contributed by atoms with van der Waals surface area (Å²) in [5.74, 6) is 0.106. The van der Waals surface area contributed by atoms with Crippen LogP contribution in [-0.4, -0.2) is 15.4 Å². The number of hydrogen-bond donors (Lipinski definition) is 0. The summed E-state index contributed by atoms with van der Waals surface area (Å²) in [6.07, 6.45) is 0.412. The average molecular weight is 288 g/mol. The SMILES string of the molecule is Cc1cc(C)cc(CC(=O)c2snnc2C(C)(C)C)c1. The van der Waals surface area contributed by atoms with E-state index in [2.05, 4.69) is 62.4 Å². The summed E-state index contributed by atoms with van der Waals surface area (Å²) in [6, 6.07) is 6.25. The van der Waals surface area contributed by atoms with Crippen molar-refractivity contribution in [1.82, 2.24) is 9.59 Å². The van der Waals surface area contributed by atoms with Gasteiger partial charge in [0.2, 0.25) is 0 Å². The van der Waals surface area contributed by atoms with Gasteiger partial charge < -0.3 is 0 Å². The molecule has 0 unspecified atom stereocenters. The molecule has 20 heavy (non-hydrogen) atoms. The maximum atomic E-state index is 12.5. The Bertz CT molecular complexity index is 618. The largest absolute Gasteiger partial charge is 0.293 e. The normalized spacial score (nSPS) is 11.7. The summed E-state index contributed by atoms with van der Waals surface area (Å²) in [5.41, 5.74) is 4.08. The molecule has 0 aliphatic rings. The highest BCUT2D eigenvalue weighted by Gasteiger charge is 2.26. The third-order valence-electron chi connectivity index (χ3n) is 3.10. The molecule has 0 spiro atoms. The monoisotopic (exact) mass is 288 g/mol. The van der Waals surface area contributed by atoms with Gasteiger partial charge in [-0.2, -0.15) is 0 Å². The molecule has 106 valence electrons. The molecule has 0 fully saturated rings. The Kier molecular flexibility index (Phi) is 4.04. The highest BCUT2D eigenvalue weighted by molar-refractivity contribution is 7.08. The van der Waals surface area contributed by atoms with Crippen molar-refractivity contribution in [2.24, 2.45) is 0 Å². The van der Waals surface area contributed by atoms with Gasteiger partial charge >= 0.3 is 0 Å². The van der Waals surface area contributed by atoms with Crippen LogP contribution in [0.2, 0.25) is 0 Å². The van der Waals surface area contributed by atoms with E-state index in [1.807, 2.05) is 0 Å². The summed E-state index contributed by atoms with van der Waals surface area (Å²) >= 11 is 1.20. The lowest BCUT2D eigenvalue weighted by Gasteiger charge is -2.16. The van der Waals surface area contributed by atoms with Crippen LogP contribution in [-0.2, 0) is 11.8 Å². The molecule has 4 heteroatoms. The van der Waals surface area contributed by atoms with E-state index in [9.17, 15) is 4.79 Å². The van der Waals surface area contributed by atoms with Crippen LogP contribution in [0.1, 0.15) is 52.8 Å². The number of ketones is 1. The number of benzene rings is 1. The van der Waals surface area contributed by atoms with Crippen molar-refractivity contribution < 1.29 is 4.79 Å². The zero-order chi connectivity index (χ0) is 14.9. The van der Waals surface area contributed by atoms with Crippen molar-refractivity contribution in [3.63, 3.8) is 0 Å². The van der Waals surface area contributed by atoms with E-state index in [1.54, 1.807) is 0 Å². The van der Waals surface area contributed by atoms with Gasteiger partial charge in [-0.05, 0) is 30.9 Å². The van der Waals surface area contributed by atoms with Gasteiger partial charge in [-0.3, -0.25) is 4.79 Å². The molecule has 1 aromatic heterocycles. The first-order valence-electron chi connectivity index (χ1n) is 6.70. The zero-order valence-electron chi connectivity index (χ0n) is 12.7. The number of carbonyl (C=O) groups excluding carboxylic acids is 1. The van der Waals surface area contributed by atoms with Gasteiger partial charge in [0.1, 0.15) is 4.88 Å². The van der Waals surface area contributed by atoms with Crippen LogP contribution in [0.5, 0.6) is 0 Å². The number of rotatable bonds is 3. The molecule has 1 heterocycles. The number of Topliss-reactive ketones (excluding diaryl/α,β-unsaturated/α-hetero) is 1. The van der Waals surface area contributed by atoms with Gasteiger partial charge in [-0.25, -0.2) is 0 Å². The maximum absolute atomic E-state index is 12.5. The Balaban J connectivity index is 2.27. The van der Waals surface area contributed by atoms with Crippen LogP contribution >= 0.6 is 11.5 Å². The van der Waals surface area contributed by atoms with Gasteiger partial charge in [0, 0.05) is 11.8 Å². The summed E-state index contributed by atoms with van der Waals surface area (Å²) in [6.45, 7) is 10.3. The average Bonchev–Trinajstić information content (AvgIpc) is 2.75. The summed E-state index contributed by atoms with van der Waals surface area (Å²) in [4.78, 5) is 13.2. The molecule has 0 N–H and O–H groups in total. The first-order valence-corrected chi connectivity index (χ1v) is 7.48. The minimum Gasteiger partial charge on any atom is -0.293 e. The Morgan fingerprint density at radius 1 is 1.15 bits per heavy atom. The van der Waals surface area contributed by atoms with E-state index >= 15 is 0 Å². The van der Waals surface area contributed by atoms with Gasteiger partial charge in [0.05, 0.1) is 5.69 Å². The van der Waals surface area contributed by atoms with Gasteiger partial charge in [-0.15, -0.1) is 5.10 Å². The van der Waals surface area contributed by atoms with Gasteiger partial charge in [-0.1, -0.05) is 54.6 Å². The van der Waals surface area contributed by atoms with Crippen molar-refractivity contribution in [3.8, 4) is 0 Å². The molecule has 2 rings (SSSR count). The third kappa shape index (κ3) is 3.31. The molecule has 0 saturated heterocycles. The molecule has 3 nitrogen and oxygen atoms in total. The number of hydrogen-bond acceptors (Lipinski definition) is 4. The Hall–Kier alpha value is -1.55. The Morgan fingerprint density at radius 3 is 2.30 bits per heavy atom. The minimum absolute atomic E-state index is 0.106. The predicted molar refractivity (Wildman–Crippen MR) is 82.6 cm³/mol. The second-order valence-electron chi connectivity index (χ2n) is 6.30. The number of carbonyl (C=O) groups is 1. The number of aromatic nitrogens is 2. The molecule has 0 amide bonds. The van der Waals surface area contributed by atoms with E-state index in [-0.39, 0.29) is 11.2 Å². The van der Waals surface area contributed by atoms with Crippen molar-refractivity contribution >= 4 is 17.3 Å². The Morgan fingerprint density at radius 2 is 1.75 bits per heavy atom. The lowest BCUT2D eigenvalue weighted by molar-refractivity contribution is 0.0994. The molecule has 1 aromatic carbocycles. The smallest absolute Gasteiger partial charge is 0.180 e. The number of nitrogens with zero attached hydrogens (tertiary/aromatic N) is 2. The summed E-state index contributed by atoms with van der Waals surface area (Å²) < 4.78 is 3.96. The molecule has 0 aliphatic carbocycles. The highest BCUT2D eigenvalue weighted by Crippen LogP contribution is 2.27. The van der Waals surface area contributed by atoms with E-state index in [1.165, 1.54) is 22.7 Å². The molecular formula is C16H20N2OS. The molecular weight excluding hydrogens is 268 g/mol. The van der Waals surface area contributed by atoms with Gasteiger partial charge in [0.15, 0.2) is 5.78 Å². The van der Waals surface area contributed by atoms with E-state index in [0.29, 0.717) is 11.3 Å². The first-order chi connectivity index (χ1) is 9.27. The molecule has 0 bridgehead atoms. The van der Waals surface area contributed by atoms with Crippen LogP contribution in [0.3, 0.4) is 0 Å². The minimum atomic E-state index is -0.152. The Labute approximate surface area is 124 Å². The molecule has 0 saturated carbocycles. The molecule has 0 aliphatic heterocycles. The quantitative estimate of drug-likeness (QED) is 0.805. The summed E-state index contributed by atoms with van der Waals surface area (Å²) in [7, 11) is 0.